The zero-order chi connectivity index (χ0) is 56.8. The van der Waals surface area contributed by atoms with Crippen molar-refractivity contribution >= 4 is 64.3 Å². The van der Waals surface area contributed by atoms with Gasteiger partial charge in [-0.25, -0.2) is 0 Å². The van der Waals surface area contributed by atoms with Gasteiger partial charge in [-0.1, -0.05) is 233 Å². The molecule has 76 heavy (non-hydrogen) atoms. The zero-order valence-corrected chi connectivity index (χ0v) is 57.0. The predicted molar refractivity (Wildman–Crippen MR) is 277 cm³/mol. The summed E-state index contributed by atoms with van der Waals surface area (Å²) >= 11 is 0. The Morgan fingerprint density at radius 1 is 0.316 bits per heavy atom. The van der Waals surface area contributed by atoms with Crippen molar-refractivity contribution in [3.63, 3.8) is 0 Å². The Morgan fingerprint density at radius 2 is 0.461 bits per heavy atom. The van der Waals surface area contributed by atoms with Crippen molar-refractivity contribution in [1.29, 1.82) is 0 Å². The Balaban J connectivity index is -0.000000165. The van der Waals surface area contributed by atoms with Gasteiger partial charge in [-0.15, -0.1) is 0 Å². The van der Waals surface area contributed by atoms with Crippen molar-refractivity contribution in [3.05, 3.63) is 0 Å². The van der Waals surface area contributed by atoms with Crippen LogP contribution in [0, 0.1) is 0 Å². The van der Waals surface area contributed by atoms with E-state index in [2.05, 4.69) is 32.4 Å². The molecule has 0 bridgehead atoms. The molecule has 0 radical (unpaired) electrons. The van der Waals surface area contributed by atoms with Gasteiger partial charge in [0, 0.05) is 0 Å². The summed E-state index contributed by atoms with van der Waals surface area (Å²) in [5.41, 5.74) is 0. The van der Waals surface area contributed by atoms with Gasteiger partial charge in [0.1, 0.15) is 15.7 Å². The summed E-state index contributed by atoms with van der Waals surface area (Å²) in [7, 11) is -16.8. The molecular formula is C49H95Na3O20S4. The molecule has 0 aliphatic heterocycles. The van der Waals surface area contributed by atoms with E-state index in [1.54, 1.807) is 0 Å². The first-order valence-corrected chi connectivity index (χ1v) is 32.7. The summed E-state index contributed by atoms with van der Waals surface area (Å²) in [5.74, 6) is -6.05. The van der Waals surface area contributed by atoms with E-state index in [9.17, 15) is 68.2 Å². The van der Waals surface area contributed by atoms with Crippen molar-refractivity contribution in [2.24, 2.45) is 0 Å². The average Bonchev–Trinajstić information content (AvgIpc) is 3.27. The average molecular weight is 1200 g/mol. The van der Waals surface area contributed by atoms with E-state index in [1.807, 2.05) is 0 Å². The Labute approximate surface area is 525 Å². The van der Waals surface area contributed by atoms with Gasteiger partial charge in [0.25, 0.3) is 40.5 Å². The molecular weight excluding hydrogens is 1110 g/mol. The molecule has 0 aliphatic rings. The maximum atomic E-state index is 11.2. The Hall–Kier alpha value is 0.520. The summed E-state index contributed by atoms with van der Waals surface area (Å²) < 4.78 is 126. The smallest absolute Gasteiger partial charge is 0.549 e. The van der Waals surface area contributed by atoms with Crippen molar-refractivity contribution in [1.82, 2.24) is 0 Å². The molecule has 438 valence electrons. The third-order valence-corrected chi connectivity index (χ3v) is 16.6. The van der Waals surface area contributed by atoms with Crippen LogP contribution in [-0.4, -0.2) is 104 Å². The molecule has 4 unspecified atom stereocenters. The van der Waals surface area contributed by atoms with Crippen LogP contribution in [0.1, 0.15) is 259 Å². The molecule has 0 heterocycles. The maximum Gasteiger partial charge on any atom is 1.00 e. The van der Waals surface area contributed by atoms with Crippen LogP contribution >= 0.6 is 0 Å². The van der Waals surface area contributed by atoms with E-state index in [4.69, 9.17) is 18.2 Å². The number of hydrogen-bond acceptors (Lipinski definition) is 16. The molecule has 0 fully saturated rings. The summed E-state index contributed by atoms with van der Waals surface area (Å²) in [6.07, 6.45) is 32.8. The van der Waals surface area contributed by atoms with Crippen molar-refractivity contribution in [2.75, 3.05) is 7.11 Å². The van der Waals surface area contributed by atoms with E-state index in [0.717, 1.165) is 103 Å². The fourth-order valence-corrected chi connectivity index (χ4v) is 10.5. The van der Waals surface area contributed by atoms with Gasteiger partial charge in [-0.3, -0.25) is 23.0 Å². The van der Waals surface area contributed by atoms with Gasteiger partial charge in [-0.2, -0.15) is 33.7 Å². The van der Waals surface area contributed by atoms with Gasteiger partial charge in [0.05, 0.1) is 25.0 Å². The number of rotatable bonds is 44. The van der Waals surface area contributed by atoms with Crippen molar-refractivity contribution < 1.29 is 180 Å². The largest absolute Gasteiger partial charge is 1.00 e. The maximum absolute atomic E-state index is 11.2. The fourth-order valence-electron chi connectivity index (χ4n) is 7.54. The van der Waals surface area contributed by atoms with Crippen LogP contribution in [0.4, 0.5) is 0 Å². The predicted octanol–water partition coefficient (Wildman–Crippen LogP) is -1.47. The number of esters is 1. The number of carboxylic acids is 3. The zero-order valence-electron chi connectivity index (χ0n) is 47.7. The molecule has 0 aromatic heterocycles. The van der Waals surface area contributed by atoms with Crippen LogP contribution < -0.4 is 104 Å². The number of unbranched alkanes of at least 4 members (excludes halogenated alkanes) is 28. The van der Waals surface area contributed by atoms with E-state index < -0.39 is 85.3 Å². The minimum absolute atomic E-state index is 0. The number of carbonyl (C=O) groups excluding carboxylic acids is 4. The number of aliphatic carboxylic acids is 3. The molecule has 0 saturated carbocycles. The molecule has 0 aromatic rings. The van der Waals surface area contributed by atoms with Crippen molar-refractivity contribution in [2.45, 2.75) is 280 Å². The first-order valence-electron chi connectivity index (χ1n) is 26.7. The van der Waals surface area contributed by atoms with Gasteiger partial charge < -0.3 is 34.4 Å². The second-order valence-corrected chi connectivity index (χ2v) is 24.9. The van der Waals surface area contributed by atoms with Crippen molar-refractivity contribution in [3.8, 4) is 0 Å². The summed E-state index contributed by atoms with van der Waals surface area (Å²) in [6.45, 7) is 8.61. The van der Waals surface area contributed by atoms with Gasteiger partial charge in [0.15, 0.2) is 5.25 Å². The standard InChI is InChI=1S/C13H26O5S.3C12H24O5S.3Na/c1-3-4-5-6-7-8-9-10-11-12(13(14)18-2)19(15,16)17;3*1-2-3-4-5-6-7-8-9-10-11(12(13)14)18(15,16)17;;;/h12H,3-11H2,1-2H3,(H,15,16,17);3*11H,2-10H2,1H3,(H,13,14)(H,15,16,17);;;/q;;;;3*+1/p-3. The van der Waals surface area contributed by atoms with Crippen LogP contribution in [0.3, 0.4) is 0 Å². The molecule has 0 saturated heterocycles. The molecule has 20 nitrogen and oxygen atoms in total. The third-order valence-electron chi connectivity index (χ3n) is 12.0. The first kappa shape index (κ1) is 90.3. The Bertz CT molecular complexity index is 1700. The van der Waals surface area contributed by atoms with Gasteiger partial charge in [-0.05, 0) is 25.7 Å². The monoisotopic (exact) mass is 1200 g/mol. The number of carboxylic acid groups (broad SMARTS) is 3. The van der Waals surface area contributed by atoms with Crippen LogP contribution in [0.25, 0.3) is 0 Å². The Kier molecular flexibility index (Phi) is 68.1. The number of ether oxygens (including phenoxy) is 1. The number of methoxy groups -OCH3 is 1. The molecule has 0 rings (SSSR count). The molecule has 0 amide bonds. The first-order chi connectivity index (χ1) is 34.1. The minimum atomic E-state index is -4.53. The topological polar surface area (TPSA) is 364 Å². The SMILES string of the molecule is CCCCCCCCCCC(C(=O)OC)S(=O)(=O)O.CCCCCCCCCCC(C(=O)[O-])S(=O)(=O)O.CCCCCCCCCCC(C(=O)[O-])S(=O)(=O)O.CCCCCCCCCCC(C(=O)[O-])S(=O)(=O)O.[Na+].[Na+].[Na+]. The second kappa shape index (κ2) is 57.3. The van der Waals surface area contributed by atoms with E-state index in [-0.39, 0.29) is 114 Å². The summed E-state index contributed by atoms with van der Waals surface area (Å²) in [5, 5.41) is 24.8. The quantitative estimate of drug-likeness (QED) is 0.0234. The molecule has 0 aromatic carbocycles. The van der Waals surface area contributed by atoms with Gasteiger partial charge in [0.2, 0.25) is 0 Å². The minimum Gasteiger partial charge on any atom is -0.549 e. The number of carbonyl (C=O) groups is 4. The van der Waals surface area contributed by atoms with Gasteiger partial charge >= 0.3 is 94.6 Å². The van der Waals surface area contributed by atoms with E-state index in [0.29, 0.717) is 25.7 Å². The van der Waals surface area contributed by atoms with Crippen LogP contribution in [0.15, 0.2) is 0 Å². The second-order valence-electron chi connectivity index (χ2n) is 18.5. The molecule has 0 aliphatic carbocycles. The molecule has 27 heteroatoms. The molecule has 4 atom stereocenters. The molecule has 0 spiro atoms. The van der Waals surface area contributed by atoms with E-state index >= 15 is 0 Å². The summed E-state index contributed by atoms with van der Waals surface area (Å²) in [6, 6.07) is 0. The number of hydrogen-bond donors (Lipinski definition) is 4. The molecule has 4 N–H and O–H groups in total. The van der Waals surface area contributed by atoms with Crippen LogP contribution in [-0.2, 0) is 64.4 Å². The normalized spacial score (nSPS) is 12.9. The van der Waals surface area contributed by atoms with Crippen LogP contribution in [0.5, 0.6) is 0 Å². The van der Waals surface area contributed by atoms with Crippen LogP contribution in [0.2, 0.25) is 0 Å². The fraction of sp³-hybridized carbons (Fsp3) is 0.918. The Morgan fingerprint density at radius 3 is 0.592 bits per heavy atom. The third kappa shape index (κ3) is 59.2. The summed E-state index contributed by atoms with van der Waals surface area (Å²) in [4.78, 5) is 42.8. The van der Waals surface area contributed by atoms with E-state index in [1.165, 1.54) is 83.5 Å².